The second-order valence-electron chi connectivity index (χ2n) is 5.95. The normalized spacial score (nSPS) is 11.6. The van der Waals surface area contributed by atoms with Crippen molar-refractivity contribution in [3.63, 3.8) is 0 Å². The van der Waals surface area contributed by atoms with Gasteiger partial charge in [0.15, 0.2) is 9.04 Å². The molecule has 0 saturated heterocycles. The van der Waals surface area contributed by atoms with Crippen molar-refractivity contribution in [2.24, 2.45) is 0 Å². The van der Waals surface area contributed by atoms with Gasteiger partial charge < -0.3 is 4.12 Å². The lowest BCUT2D eigenvalue weighted by Crippen LogP contribution is -2.70. The summed E-state index contributed by atoms with van der Waals surface area (Å²) in [6, 6.07) is 32.3. The van der Waals surface area contributed by atoms with Crippen LogP contribution in [0.1, 0.15) is 0 Å². The minimum atomic E-state index is -2.43. The van der Waals surface area contributed by atoms with Gasteiger partial charge in [0, 0.05) is 0 Å². The van der Waals surface area contributed by atoms with Crippen LogP contribution in [0.3, 0.4) is 0 Å². The van der Waals surface area contributed by atoms with Crippen LogP contribution in [-0.4, -0.2) is 17.4 Å². The van der Waals surface area contributed by atoms with Crippen molar-refractivity contribution in [2.45, 2.75) is 13.1 Å². The van der Waals surface area contributed by atoms with Crippen LogP contribution in [0.2, 0.25) is 13.1 Å². The number of rotatable bonds is 5. The van der Waals surface area contributed by atoms with E-state index in [1.54, 1.807) is 0 Å². The van der Waals surface area contributed by atoms with Crippen molar-refractivity contribution in [1.29, 1.82) is 0 Å². The first-order valence-electron chi connectivity index (χ1n) is 8.08. The van der Waals surface area contributed by atoms with E-state index in [0.717, 1.165) is 0 Å². The average molecular weight is 335 g/mol. The standard InChI is InChI=1S/C20H22OSi2/c1-22(2)21-23(18-12-6-3-7-13-18,19-14-8-4-9-15-19)20-16-10-5-11-17-20/h3-17,22H,1-2H3. The van der Waals surface area contributed by atoms with Crippen LogP contribution in [0.5, 0.6) is 0 Å². The SMILES string of the molecule is C[SiH](C)O[Si](c1ccccc1)(c1ccccc1)c1ccccc1. The molecule has 3 aromatic rings. The molecule has 116 valence electrons. The Morgan fingerprint density at radius 3 is 1.13 bits per heavy atom. The number of hydrogen-bond donors (Lipinski definition) is 0. The van der Waals surface area contributed by atoms with E-state index in [4.69, 9.17) is 4.12 Å². The van der Waals surface area contributed by atoms with E-state index in [-0.39, 0.29) is 0 Å². The fourth-order valence-electron chi connectivity index (χ4n) is 3.08. The van der Waals surface area contributed by atoms with Gasteiger partial charge in [-0.05, 0) is 28.7 Å². The highest BCUT2D eigenvalue weighted by Gasteiger charge is 2.42. The van der Waals surface area contributed by atoms with Gasteiger partial charge in [0.1, 0.15) is 0 Å². The van der Waals surface area contributed by atoms with Crippen LogP contribution in [0.15, 0.2) is 91.0 Å². The molecular formula is C20H22OSi2. The fraction of sp³-hybridized carbons (Fsp3) is 0.100. The molecule has 0 aliphatic heterocycles. The van der Waals surface area contributed by atoms with Gasteiger partial charge >= 0.3 is 0 Å². The summed E-state index contributed by atoms with van der Waals surface area (Å²) in [6.45, 7) is 4.52. The van der Waals surface area contributed by atoms with Crippen molar-refractivity contribution >= 4 is 32.9 Å². The molecule has 0 spiro atoms. The highest BCUT2D eigenvalue weighted by Crippen LogP contribution is 2.11. The summed E-state index contributed by atoms with van der Waals surface area (Å²) in [7, 11) is -3.67. The predicted octanol–water partition coefficient (Wildman–Crippen LogP) is 2.65. The van der Waals surface area contributed by atoms with Gasteiger partial charge in [-0.15, -0.1) is 0 Å². The van der Waals surface area contributed by atoms with E-state index in [2.05, 4.69) is 104 Å². The van der Waals surface area contributed by atoms with Gasteiger partial charge in [-0.3, -0.25) is 0 Å². The Morgan fingerprint density at radius 2 is 0.870 bits per heavy atom. The van der Waals surface area contributed by atoms with Crippen LogP contribution in [0.25, 0.3) is 0 Å². The zero-order valence-corrected chi connectivity index (χ0v) is 15.8. The molecular weight excluding hydrogens is 312 g/mol. The first-order valence-corrected chi connectivity index (χ1v) is 12.8. The molecule has 3 rings (SSSR count). The predicted molar refractivity (Wildman–Crippen MR) is 104 cm³/mol. The Balaban J connectivity index is 2.30. The van der Waals surface area contributed by atoms with Crippen LogP contribution in [0, 0.1) is 0 Å². The molecule has 0 unspecified atom stereocenters. The first-order chi connectivity index (χ1) is 11.2. The van der Waals surface area contributed by atoms with Gasteiger partial charge in [0.25, 0.3) is 8.32 Å². The van der Waals surface area contributed by atoms with Crippen molar-refractivity contribution in [2.75, 3.05) is 0 Å². The van der Waals surface area contributed by atoms with Gasteiger partial charge in [-0.2, -0.15) is 0 Å². The lowest BCUT2D eigenvalue weighted by atomic mass is 10.3. The summed E-state index contributed by atoms with van der Waals surface area (Å²) in [5.74, 6) is 0. The van der Waals surface area contributed by atoms with E-state index >= 15 is 0 Å². The third-order valence-electron chi connectivity index (χ3n) is 3.95. The van der Waals surface area contributed by atoms with Gasteiger partial charge in [-0.1, -0.05) is 91.0 Å². The second-order valence-corrected chi connectivity index (χ2v) is 12.1. The van der Waals surface area contributed by atoms with Crippen LogP contribution in [-0.2, 0) is 4.12 Å². The maximum atomic E-state index is 6.87. The molecule has 0 aromatic heterocycles. The maximum Gasteiger partial charge on any atom is 0.277 e. The van der Waals surface area contributed by atoms with Gasteiger partial charge in [0.05, 0.1) is 0 Å². The quantitative estimate of drug-likeness (QED) is 0.515. The minimum absolute atomic E-state index is 1.24. The molecule has 1 nitrogen and oxygen atoms in total. The summed E-state index contributed by atoms with van der Waals surface area (Å²) in [5.41, 5.74) is 0. The Bertz CT molecular complexity index is 631. The average Bonchev–Trinajstić information content (AvgIpc) is 2.62. The number of benzene rings is 3. The lowest BCUT2D eigenvalue weighted by molar-refractivity contribution is 0.604. The Hall–Kier alpha value is -1.95. The largest absolute Gasteiger partial charge is 0.449 e. The Labute approximate surface area is 141 Å². The van der Waals surface area contributed by atoms with Gasteiger partial charge in [-0.25, -0.2) is 0 Å². The molecule has 0 amide bonds. The van der Waals surface area contributed by atoms with E-state index < -0.39 is 17.4 Å². The van der Waals surface area contributed by atoms with Crippen molar-refractivity contribution in [3.05, 3.63) is 91.0 Å². The summed E-state index contributed by atoms with van der Waals surface area (Å²) in [4.78, 5) is 0. The van der Waals surface area contributed by atoms with E-state index in [0.29, 0.717) is 0 Å². The van der Waals surface area contributed by atoms with Gasteiger partial charge in [0.2, 0.25) is 0 Å². The monoisotopic (exact) mass is 334 g/mol. The zero-order valence-electron chi connectivity index (χ0n) is 13.6. The molecule has 0 N–H and O–H groups in total. The molecule has 0 atom stereocenters. The lowest BCUT2D eigenvalue weighted by Gasteiger charge is -2.35. The molecule has 3 heteroatoms. The van der Waals surface area contributed by atoms with Crippen molar-refractivity contribution < 1.29 is 4.12 Å². The minimum Gasteiger partial charge on any atom is -0.449 e. The second kappa shape index (κ2) is 7.09. The topological polar surface area (TPSA) is 9.23 Å². The van der Waals surface area contributed by atoms with Crippen LogP contribution in [0.4, 0.5) is 0 Å². The molecule has 0 radical (unpaired) electrons. The van der Waals surface area contributed by atoms with Crippen LogP contribution >= 0.6 is 0 Å². The molecule has 3 aromatic carbocycles. The third kappa shape index (κ3) is 3.22. The molecule has 0 bridgehead atoms. The molecule has 0 heterocycles. The summed E-state index contributed by atoms with van der Waals surface area (Å²) < 4.78 is 6.87. The number of hydrogen-bond acceptors (Lipinski definition) is 1. The summed E-state index contributed by atoms with van der Waals surface area (Å²) in [5, 5.41) is 3.95. The first kappa shape index (κ1) is 15.9. The summed E-state index contributed by atoms with van der Waals surface area (Å²) >= 11 is 0. The maximum absolute atomic E-state index is 6.87. The van der Waals surface area contributed by atoms with Crippen LogP contribution < -0.4 is 15.6 Å². The molecule has 0 aliphatic rings. The Morgan fingerprint density at radius 1 is 0.565 bits per heavy atom. The molecule has 0 fully saturated rings. The van der Waals surface area contributed by atoms with E-state index in [9.17, 15) is 0 Å². The molecule has 23 heavy (non-hydrogen) atoms. The zero-order chi connectivity index (χ0) is 16.1. The molecule has 0 aliphatic carbocycles. The Kier molecular flexibility index (Phi) is 4.91. The smallest absolute Gasteiger partial charge is 0.277 e. The van der Waals surface area contributed by atoms with Crippen molar-refractivity contribution in [3.8, 4) is 0 Å². The highest BCUT2D eigenvalue weighted by molar-refractivity contribution is 7.09. The third-order valence-corrected chi connectivity index (χ3v) is 10.7. The summed E-state index contributed by atoms with van der Waals surface area (Å²) in [6.07, 6.45) is 0. The van der Waals surface area contributed by atoms with Crippen molar-refractivity contribution in [1.82, 2.24) is 0 Å². The van der Waals surface area contributed by atoms with E-state index in [1.807, 2.05) is 0 Å². The highest BCUT2D eigenvalue weighted by atomic mass is 28.4. The fourth-order valence-corrected chi connectivity index (χ4v) is 10.5. The van der Waals surface area contributed by atoms with E-state index in [1.165, 1.54) is 15.6 Å². The molecule has 0 saturated carbocycles.